The van der Waals surface area contributed by atoms with Crippen LogP contribution < -0.4 is 5.32 Å². The average molecular weight is 288 g/mol. The lowest BCUT2D eigenvalue weighted by Gasteiger charge is -2.15. The fourth-order valence-electron chi connectivity index (χ4n) is 2.13. The molecule has 2 rings (SSSR count). The van der Waals surface area contributed by atoms with Gasteiger partial charge in [-0.3, -0.25) is 0 Å². The highest BCUT2D eigenvalue weighted by molar-refractivity contribution is 9.10. The Balaban J connectivity index is 2.35. The highest BCUT2D eigenvalue weighted by Gasteiger charge is 2.21. The number of ether oxygens (including phenoxy) is 1. The molecule has 1 atom stereocenters. The molecule has 0 radical (unpaired) electrons. The summed E-state index contributed by atoms with van der Waals surface area (Å²) in [6, 6.07) is 3.78. The van der Waals surface area contributed by atoms with Crippen LogP contribution in [-0.2, 0) is 11.3 Å². The molecule has 0 aromatic heterocycles. The van der Waals surface area contributed by atoms with Crippen LogP contribution in [-0.4, -0.2) is 13.7 Å². The minimum atomic E-state index is -0.135. The topological polar surface area (TPSA) is 21.3 Å². The summed E-state index contributed by atoms with van der Waals surface area (Å²) < 4.78 is 20.1. The predicted molar refractivity (Wildman–Crippen MR) is 64.8 cm³/mol. The van der Waals surface area contributed by atoms with Gasteiger partial charge in [-0.15, -0.1) is 0 Å². The summed E-state index contributed by atoms with van der Waals surface area (Å²) in [4.78, 5) is 0. The summed E-state index contributed by atoms with van der Waals surface area (Å²) in [5.74, 6) is -0.135. The number of rotatable bonds is 3. The van der Waals surface area contributed by atoms with Crippen LogP contribution in [0.4, 0.5) is 4.39 Å². The van der Waals surface area contributed by atoms with E-state index >= 15 is 0 Å². The van der Waals surface area contributed by atoms with Crippen molar-refractivity contribution in [1.29, 1.82) is 0 Å². The second kappa shape index (κ2) is 5.25. The van der Waals surface area contributed by atoms with E-state index in [0.29, 0.717) is 12.2 Å². The van der Waals surface area contributed by atoms with E-state index in [4.69, 9.17) is 4.74 Å². The van der Waals surface area contributed by atoms with Crippen LogP contribution in [0.3, 0.4) is 0 Å². The minimum absolute atomic E-state index is 0.135. The number of benzene rings is 1. The highest BCUT2D eigenvalue weighted by Crippen LogP contribution is 2.30. The van der Waals surface area contributed by atoms with Crippen LogP contribution >= 0.6 is 15.9 Å². The van der Waals surface area contributed by atoms with Crippen LogP contribution in [0.1, 0.15) is 30.0 Å². The second-order valence-corrected chi connectivity index (χ2v) is 4.97. The molecule has 0 spiro atoms. The van der Waals surface area contributed by atoms with Gasteiger partial charge in [-0.05, 0) is 31.5 Å². The van der Waals surface area contributed by atoms with Crippen molar-refractivity contribution in [2.45, 2.75) is 25.5 Å². The zero-order valence-corrected chi connectivity index (χ0v) is 10.8. The quantitative estimate of drug-likeness (QED) is 0.922. The molecule has 0 amide bonds. The van der Waals surface area contributed by atoms with Crippen molar-refractivity contribution in [2.75, 3.05) is 13.7 Å². The minimum Gasteiger partial charge on any atom is -0.380 e. The normalized spacial score (nSPS) is 20.3. The third-order valence-corrected chi connectivity index (χ3v) is 3.33. The smallest absolute Gasteiger partial charge is 0.133 e. The molecule has 1 heterocycles. The van der Waals surface area contributed by atoms with E-state index in [2.05, 4.69) is 21.2 Å². The van der Waals surface area contributed by atoms with Gasteiger partial charge in [0.25, 0.3) is 0 Å². The first-order chi connectivity index (χ1) is 7.72. The van der Waals surface area contributed by atoms with Gasteiger partial charge in [-0.25, -0.2) is 4.39 Å². The molecule has 1 N–H and O–H groups in total. The van der Waals surface area contributed by atoms with E-state index in [-0.39, 0.29) is 11.9 Å². The van der Waals surface area contributed by atoms with Crippen molar-refractivity contribution >= 4 is 15.9 Å². The number of halogens is 2. The lowest BCUT2D eigenvalue weighted by atomic mass is 10.0. The van der Waals surface area contributed by atoms with Gasteiger partial charge in [0, 0.05) is 28.8 Å². The largest absolute Gasteiger partial charge is 0.380 e. The highest BCUT2D eigenvalue weighted by atomic mass is 79.9. The van der Waals surface area contributed by atoms with Crippen LogP contribution in [0.25, 0.3) is 0 Å². The van der Waals surface area contributed by atoms with Gasteiger partial charge < -0.3 is 10.1 Å². The maximum absolute atomic E-state index is 14.2. The first kappa shape index (κ1) is 12.0. The van der Waals surface area contributed by atoms with Gasteiger partial charge in [0.05, 0.1) is 6.61 Å². The Morgan fingerprint density at radius 1 is 1.56 bits per heavy atom. The van der Waals surface area contributed by atoms with Crippen LogP contribution in [0.2, 0.25) is 0 Å². The molecule has 1 aliphatic rings. The van der Waals surface area contributed by atoms with Gasteiger partial charge in [0.2, 0.25) is 0 Å². The molecular weight excluding hydrogens is 273 g/mol. The second-order valence-electron chi connectivity index (χ2n) is 4.05. The molecule has 0 saturated carbocycles. The average Bonchev–Trinajstić information content (AvgIpc) is 2.76. The SMILES string of the molecule is COCc1cc(Br)cc(C2CCCN2)c1F. The lowest BCUT2D eigenvalue weighted by Crippen LogP contribution is -2.15. The Morgan fingerprint density at radius 2 is 2.38 bits per heavy atom. The molecular formula is C12H15BrFNO. The maximum atomic E-state index is 14.2. The molecule has 2 nitrogen and oxygen atoms in total. The molecule has 1 aromatic carbocycles. The summed E-state index contributed by atoms with van der Waals surface area (Å²) in [5, 5.41) is 3.31. The third kappa shape index (κ3) is 2.44. The van der Waals surface area contributed by atoms with E-state index in [1.807, 2.05) is 6.07 Å². The molecule has 1 aromatic rings. The lowest BCUT2D eigenvalue weighted by molar-refractivity contribution is 0.181. The standard InChI is InChI=1S/C12H15BrFNO/c1-16-7-8-5-9(13)6-10(12(8)14)11-3-2-4-15-11/h5-6,11,15H,2-4,7H2,1H3. The molecule has 1 fully saturated rings. The van der Waals surface area contributed by atoms with Crippen molar-refractivity contribution in [2.24, 2.45) is 0 Å². The Labute approximate surface area is 103 Å². The van der Waals surface area contributed by atoms with Crippen LogP contribution in [0.15, 0.2) is 16.6 Å². The van der Waals surface area contributed by atoms with Crippen LogP contribution in [0.5, 0.6) is 0 Å². The summed E-state index contributed by atoms with van der Waals surface area (Å²) in [6.07, 6.45) is 2.11. The molecule has 4 heteroatoms. The Bertz CT molecular complexity index is 378. The van der Waals surface area contributed by atoms with Gasteiger partial charge >= 0.3 is 0 Å². The van der Waals surface area contributed by atoms with Gasteiger partial charge in [0.15, 0.2) is 0 Å². The van der Waals surface area contributed by atoms with Crippen molar-refractivity contribution < 1.29 is 9.13 Å². The van der Waals surface area contributed by atoms with Crippen molar-refractivity contribution in [3.8, 4) is 0 Å². The van der Waals surface area contributed by atoms with Gasteiger partial charge in [0.1, 0.15) is 5.82 Å². The van der Waals surface area contributed by atoms with E-state index in [9.17, 15) is 4.39 Å². The predicted octanol–water partition coefficient (Wildman–Crippen LogP) is 3.16. The van der Waals surface area contributed by atoms with Crippen LogP contribution in [0, 0.1) is 5.82 Å². The molecule has 88 valence electrons. The number of hydrogen-bond acceptors (Lipinski definition) is 2. The molecule has 1 unspecified atom stereocenters. The Kier molecular flexibility index (Phi) is 3.95. The first-order valence-electron chi connectivity index (χ1n) is 5.42. The molecule has 0 aliphatic carbocycles. The van der Waals surface area contributed by atoms with Crippen molar-refractivity contribution in [3.63, 3.8) is 0 Å². The number of methoxy groups -OCH3 is 1. The first-order valence-corrected chi connectivity index (χ1v) is 6.22. The van der Waals surface area contributed by atoms with Crippen molar-refractivity contribution in [1.82, 2.24) is 5.32 Å². The zero-order valence-electron chi connectivity index (χ0n) is 9.22. The zero-order chi connectivity index (χ0) is 11.5. The Morgan fingerprint density at radius 3 is 3.00 bits per heavy atom. The van der Waals surface area contributed by atoms with E-state index in [0.717, 1.165) is 29.4 Å². The molecule has 1 aliphatic heterocycles. The van der Waals surface area contributed by atoms with E-state index < -0.39 is 0 Å². The number of hydrogen-bond donors (Lipinski definition) is 1. The van der Waals surface area contributed by atoms with E-state index in [1.54, 1.807) is 13.2 Å². The molecule has 0 bridgehead atoms. The molecule has 16 heavy (non-hydrogen) atoms. The monoisotopic (exact) mass is 287 g/mol. The summed E-state index contributed by atoms with van der Waals surface area (Å²) >= 11 is 3.41. The summed E-state index contributed by atoms with van der Waals surface area (Å²) in [6.45, 7) is 1.28. The molecule has 1 saturated heterocycles. The van der Waals surface area contributed by atoms with Gasteiger partial charge in [-0.2, -0.15) is 0 Å². The maximum Gasteiger partial charge on any atom is 0.133 e. The fraction of sp³-hybridized carbons (Fsp3) is 0.500. The van der Waals surface area contributed by atoms with Gasteiger partial charge in [-0.1, -0.05) is 15.9 Å². The third-order valence-electron chi connectivity index (χ3n) is 2.88. The fourth-order valence-corrected chi connectivity index (χ4v) is 2.66. The summed E-state index contributed by atoms with van der Waals surface area (Å²) in [5.41, 5.74) is 1.36. The number of nitrogens with one attached hydrogen (secondary N) is 1. The van der Waals surface area contributed by atoms with Crippen molar-refractivity contribution in [3.05, 3.63) is 33.5 Å². The van der Waals surface area contributed by atoms with E-state index in [1.165, 1.54) is 0 Å². The summed E-state index contributed by atoms with van der Waals surface area (Å²) in [7, 11) is 1.58. The Hall–Kier alpha value is -0.450.